The summed E-state index contributed by atoms with van der Waals surface area (Å²) in [6.07, 6.45) is 18.8. The minimum Gasteiger partial charge on any atom is -0.480 e. The van der Waals surface area contributed by atoms with E-state index < -0.39 is 12.0 Å². The Morgan fingerprint density at radius 3 is 1.70 bits per heavy atom. The van der Waals surface area contributed by atoms with E-state index in [4.69, 9.17) is 5.11 Å². The van der Waals surface area contributed by atoms with Gasteiger partial charge < -0.3 is 15.7 Å². The first-order chi connectivity index (χ1) is 13.1. The van der Waals surface area contributed by atoms with Gasteiger partial charge in [-0.25, -0.2) is 0 Å². The molecule has 0 radical (unpaired) electrons. The molecule has 0 aromatic heterocycles. The largest absolute Gasteiger partial charge is 0.480 e. The summed E-state index contributed by atoms with van der Waals surface area (Å²) < 4.78 is 0. The van der Waals surface area contributed by atoms with Gasteiger partial charge in [0.2, 0.25) is 5.91 Å². The van der Waals surface area contributed by atoms with Crippen LogP contribution < -0.4 is 10.6 Å². The first-order valence-corrected chi connectivity index (χ1v) is 11.3. The van der Waals surface area contributed by atoms with E-state index in [1.165, 1.54) is 70.6 Å². The molecule has 0 rings (SSSR count). The molecular weight excluding hydrogens is 340 g/mol. The Kier molecular flexibility index (Phi) is 18.9. The van der Waals surface area contributed by atoms with Crippen LogP contribution in [0.15, 0.2) is 0 Å². The molecule has 3 N–H and O–H groups in total. The number of hydrogen-bond donors (Lipinski definition) is 3. The summed E-state index contributed by atoms with van der Waals surface area (Å²) in [4.78, 5) is 22.6. The van der Waals surface area contributed by atoms with Gasteiger partial charge in [0.15, 0.2) is 0 Å². The highest BCUT2D eigenvalue weighted by Crippen LogP contribution is 2.12. The van der Waals surface area contributed by atoms with Crippen LogP contribution in [0.1, 0.15) is 110 Å². The van der Waals surface area contributed by atoms with Crippen molar-refractivity contribution in [1.82, 2.24) is 10.6 Å². The van der Waals surface area contributed by atoms with E-state index in [2.05, 4.69) is 17.6 Å². The summed E-state index contributed by atoms with van der Waals surface area (Å²) in [7, 11) is 1.64. The van der Waals surface area contributed by atoms with Crippen LogP contribution in [0.2, 0.25) is 0 Å². The van der Waals surface area contributed by atoms with E-state index in [1.54, 1.807) is 7.05 Å². The molecule has 0 aliphatic carbocycles. The van der Waals surface area contributed by atoms with Gasteiger partial charge in [-0.3, -0.25) is 9.59 Å². The molecule has 0 fully saturated rings. The number of unbranched alkanes of at least 4 members (excludes halogenated alkanes) is 12. The van der Waals surface area contributed by atoms with Crippen molar-refractivity contribution in [1.29, 1.82) is 0 Å². The Morgan fingerprint density at radius 1 is 0.778 bits per heavy atom. The second-order valence-electron chi connectivity index (χ2n) is 7.66. The number of aliphatic carboxylic acids is 1. The molecule has 0 saturated heterocycles. The van der Waals surface area contributed by atoms with Crippen molar-refractivity contribution in [2.75, 3.05) is 13.6 Å². The fourth-order valence-corrected chi connectivity index (χ4v) is 3.32. The first kappa shape index (κ1) is 25.9. The molecule has 1 atom stereocenters. The smallest absolute Gasteiger partial charge is 0.320 e. The van der Waals surface area contributed by atoms with Crippen LogP contribution >= 0.6 is 0 Å². The standard InChI is InChI=1S/C22H44N2O3/c1-3-4-5-6-7-8-9-10-11-12-13-14-15-18-21(25)24-19-16-17-20(23-2)22(26)27/h20,23H,3-19H2,1-2H3,(H,24,25)(H,26,27)/t20-/m0/s1. The van der Waals surface area contributed by atoms with Gasteiger partial charge in [0.05, 0.1) is 0 Å². The first-order valence-electron chi connectivity index (χ1n) is 11.3. The van der Waals surface area contributed by atoms with Gasteiger partial charge in [-0.05, 0) is 26.3 Å². The van der Waals surface area contributed by atoms with Gasteiger partial charge in [0.25, 0.3) is 0 Å². The summed E-state index contributed by atoms with van der Waals surface area (Å²) in [6.45, 7) is 2.82. The quantitative estimate of drug-likeness (QED) is 0.257. The van der Waals surface area contributed by atoms with Gasteiger partial charge in [-0.2, -0.15) is 0 Å². The van der Waals surface area contributed by atoms with Crippen LogP contribution in [0.25, 0.3) is 0 Å². The zero-order valence-electron chi connectivity index (χ0n) is 17.9. The van der Waals surface area contributed by atoms with Crippen LogP contribution in [-0.4, -0.2) is 36.6 Å². The van der Waals surface area contributed by atoms with Crippen LogP contribution in [0.5, 0.6) is 0 Å². The molecule has 0 heterocycles. The number of likely N-dealkylation sites (N-methyl/N-ethyl adjacent to an activating group) is 1. The second-order valence-corrected chi connectivity index (χ2v) is 7.66. The number of carbonyl (C=O) groups is 2. The van der Waals surface area contributed by atoms with Gasteiger partial charge in [-0.15, -0.1) is 0 Å². The third-order valence-electron chi connectivity index (χ3n) is 5.15. The summed E-state index contributed by atoms with van der Waals surface area (Å²) in [5.74, 6) is -0.745. The average molecular weight is 385 g/mol. The van der Waals surface area contributed by atoms with Gasteiger partial charge in [0.1, 0.15) is 6.04 Å². The maximum atomic E-state index is 11.7. The number of carboxylic acid groups (broad SMARTS) is 1. The molecule has 0 saturated carbocycles. The molecule has 0 spiro atoms. The van der Waals surface area contributed by atoms with Crippen molar-refractivity contribution >= 4 is 11.9 Å². The lowest BCUT2D eigenvalue weighted by Crippen LogP contribution is -2.35. The molecular formula is C22H44N2O3. The summed E-state index contributed by atoms with van der Waals surface area (Å²) >= 11 is 0. The van der Waals surface area contributed by atoms with Crippen LogP contribution in [0.3, 0.4) is 0 Å². The molecule has 5 nitrogen and oxygen atoms in total. The third kappa shape index (κ3) is 18.0. The lowest BCUT2D eigenvalue weighted by Gasteiger charge is -2.11. The molecule has 0 aliphatic heterocycles. The molecule has 160 valence electrons. The fraction of sp³-hybridized carbons (Fsp3) is 0.909. The van der Waals surface area contributed by atoms with E-state index >= 15 is 0 Å². The highest BCUT2D eigenvalue weighted by atomic mass is 16.4. The lowest BCUT2D eigenvalue weighted by atomic mass is 10.0. The zero-order chi connectivity index (χ0) is 20.2. The average Bonchev–Trinajstić information content (AvgIpc) is 2.65. The third-order valence-corrected chi connectivity index (χ3v) is 5.15. The molecule has 5 heteroatoms. The predicted octanol–water partition coefficient (Wildman–Crippen LogP) is 5.04. The zero-order valence-corrected chi connectivity index (χ0v) is 17.9. The summed E-state index contributed by atoms with van der Waals surface area (Å²) in [6, 6.07) is -0.525. The number of carbonyl (C=O) groups excluding carboxylic acids is 1. The van der Waals surface area contributed by atoms with Crippen molar-refractivity contribution in [3.63, 3.8) is 0 Å². The van der Waals surface area contributed by atoms with Crippen molar-refractivity contribution in [2.24, 2.45) is 0 Å². The lowest BCUT2D eigenvalue weighted by molar-refractivity contribution is -0.139. The van der Waals surface area contributed by atoms with E-state index in [0.717, 1.165) is 12.8 Å². The van der Waals surface area contributed by atoms with E-state index in [1.807, 2.05) is 0 Å². The van der Waals surface area contributed by atoms with Crippen LogP contribution in [-0.2, 0) is 9.59 Å². The van der Waals surface area contributed by atoms with Crippen molar-refractivity contribution in [2.45, 2.75) is 116 Å². The Bertz CT molecular complexity index is 361. The number of nitrogens with one attached hydrogen (secondary N) is 2. The van der Waals surface area contributed by atoms with Crippen LogP contribution in [0.4, 0.5) is 0 Å². The molecule has 0 aromatic carbocycles. The summed E-state index contributed by atoms with van der Waals surface area (Å²) in [5, 5.41) is 14.6. The van der Waals surface area contributed by atoms with E-state index in [0.29, 0.717) is 25.8 Å². The molecule has 0 aromatic rings. The second kappa shape index (κ2) is 19.7. The Hall–Kier alpha value is -1.10. The predicted molar refractivity (Wildman–Crippen MR) is 113 cm³/mol. The highest BCUT2D eigenvalue weighted by molar-refractivity contribution is 5.75. The summed E-state index contributed by atoms with van der Waals surface area (Å²) in [5.41, 5.74) is 0. The van der Waals surface area contributed by atoms with Gasteiger partial charge >= 0.3 is 5.97 Å². The molecule has 0 aliphatic rings. The van der Waals surface area contributed by atoms with E-state index in [-0.39, 0.29) is 5.91 Å². The van der Waals surface area contributed by atoms with Crippen LogP contribution in [0, 0.1) is 0 Å². The van der Waals surface area contributed by atoms with Gasteiger partial charge in [0, 0.05) is 13.0 Å². The highest BCUT2D eigenvalue weighted by Gasteiger charge is 2.13. The maximum absolute atomic E-state index is 11.7. The maximum Gasteiger partial charge on any atom is 0.320 e. The van der Waals surface area contributed by atoms with Crippen molar-refractivity contribution in [3.05, 3.63) is 0 Å². The van der Waals surface area contributed by atoms with Crippen molar-refractivity contribution in [3.8, 4) is 0 Å². The monoisotopic (exact) mass is 384 g/mol. The molecule has 1 amide bonds. The number of rotatable bonds is 20. The topological polar surface area (TPSA) is 78.4 Å². The van der Waals surface area contributed by atoms with Gasteiger partial charge in [-0.1, -0.05) is 84.0 Å². The molecule has 27 heavy (non-hydrogen) atoms. The van der Waals surface area contributed by atoms with Crippen molar-refractivity contribution < 1.29 is 14.7 Å². The molecule has 0 bridgehead atoms. The number of amides is 1. The minimum absolute atomic E-state index is 0.0920. The van der Waals surface area contributed by atoms with E-state index in [9.17, 15) is 9.59 Å². The normalized spacial score (nSPS) is 12.1. The Labute approximate surface area is 167 Å². The Morgan fingerprint density at radius 2 is 1.26 bits per heavy atom. The molecule has 0 unspecified atom stereocenters. The Balaban J connectivity index is 3.28. The minimum atomic E-state index is -0.837. The number of carboxylic acids is 1. The fourth-order valence-electron chi connectivity index (χ4n) is 3.32. The SMILES string of the molecule is CCCCCCCCCCCCCCCC(=O)NCCC[C@H](NC)C(=O)O. The number of hydrogen-bond acceptors (Lipinski definition) is 3.